The Morgan fingerprint density at radius 3 is 2.64 bits per heavy atom. The minimum absolute atomic E-state index is 0.0106. The van der Waals surface area contributed by atoms with Crippen LogP contribution in [0.1, 0.15) is 56.2 Å². The van der Waals surface area contributed by atoms with E-state index in [9.17, 15) is 14.7 Å². The predicted octanol–water partition coefficient (Wildman–Crippen LogP) is 0.914. The molecule has 0 bridgehead atoms. The molecule has 2 aliphatic rings. The number of carbonyl (C=O) groups excluding carboxylic acids is 2. The molecule has 1 aliphatic heterocycles. The maximum absolute atomic E-state index is 12.8. The molecule has 28 heavy (non-hydrogen) atoms. The second-order valence-electron chi connectivity index (χ2n) is 7.72. The molecular formula is C20H29N5O3. The summed E-state index contributed by atoms with van der Waals surface area (Å²) >= 11 is 0. The lowest BCUT2D eigenvalue weighted by molar-refractivity contribution is -0.148. The Morgan fingerprint density at radius 1 is 1.25 bits per heavy atom. The number of nitrogen functional groups attached to an aromatic ring is 1. The van der Waals surface area contributed by atoms with Crippen LogP contribution in [0.3, 0.4) is 0 Å². The van der Waals surface area contributed by atoms with Crippen LogP contribution in [-0.2, 0) is 16.1 Å². The van der Waals surface area contributed by atoms with Crippen molar-refractivity contribution in [1.29, 1.82) is 5.41 Å². The first-order valence-electron chi connectivity index (χ1n) is 10.0. The molecule has 1 saturated heterocycles. The van der Waals surface area contributed by atoms with Gasteiger partial charge in [0.1, 0.15) is 23.7 Å². The summed E-state index contributed by atoms with van der Waals surface area (Å²) in [5.74, 6) is -0.613. The van der Waals surface area contributed by atoms with Crippen molar-refractivity contribution in [3.63, 3.8) is 0 Å². The zero-order valence-electron chi connectivity index (χ0n) is 16.1. The van der Waals surface area contributed by atoms with Crippen molar-refractivity contribution in [3.05, 3.63) is 29.6 Å². The number of nitrogens with zero attached hydrogens (tertiary/aromatic N) is 2. The summed E-state index contributed by atoms with van der Waals surface area (Å²) < 4.78 is 0. The number of carbonyl (C=O) groups is 2. The number of likely N-dealkylation sites (tertiary alicyclic amines) is 1. The second-order valence-corrected chi connectivity index (χ2v) is 7.72. The number of hydrogen-bond acceptors (Lipinski definition) is 5. The number of hydrogen-bond donors (Lipinski definition) is 4. The molecule has 1 aliphatic carbocycles. The van der Waals surface area contributed by atoms with Crippen LogP contribution >= 0.6 is 0 Å². The highest BCUT2D eigenvalue weighted by Gasteiger charge is 2.39. The minimum atomic E-state index is -1.00. The van der Waals surface area contributed by atoms with Crippen LogP contribution in [0.25, 0.3) is 0 Å². The molecule has 1 aromatic rings. The fraction of sp³-hybridized carbons (Fsp3) is 0.600. The number of aliphatic hydroxyl groups excluding tert-OH is 1. The van der Waals surface area contributed by atoms with Crippen molar-refractivity contribution < 1.29 is 14.7 Å². The Bertz CT molecular complexity index is 715. The molecule has 2 amide bonds. The first-order valence-corrected chi connectivity index (χ1v) is 10.0. The Hall–Kier alpha value is -2.48. The van der Waals surface area contributed by atoms with Crippen molar-refractivity contribution in [2.24, 2.45) is 11.7 Å². The van der Waals surface area contributed by atoms with Crippen LogP contribution in [0, 0.1) is 11.3 Å². The summed E-state index contributed by atoms with van der Waals surface area (Å²) in [5.41, 5.74) is 6.56. The van der Waals surface area contributed by atoms with Crippen molar-refractivity contribution >= 4 is 17.6 Å². The van der Waals surface area contributed by atoms with Gasteiger partial charge in [-0.1, -0.05) is 25.3 Å². The maximum atomic E-state index is 12.8. The summed E-state index contributed by atoms with van der Waals surface area (Å²) in [5, 5.41) is 20.7. The van der Waals surface area contributed by atoms with Crippen molar-refractivity contribution in [3.8, 4) is 0 Å². The van der Waals surface area contributed by atoms with Gasteiger partial charge >= 0.3 is 0 Å². The van der Waals surface area contributed by atoms with Gasteiger partial charge in [0.05, 0.1) is 0 Å². The quantitative estimate of drug-likeness (QED) is 0.425. The van der Waals surface area contributed by atoms with Crippen molar-refractivity contribution in [1.82, 2.24) is 15.2 Å². The van der Waals surface area contributed by atoms with Gasteiger partial charge in [-0.3, -0.25) is 20.0 Å². The monoisotopic (exact) mass is 387 g/mol. The number of pyridine rings is 1. The average molecular weight is 387 g/mol. The molecule has 2 fully saturated rings. The van der Waals surface area contributed by atoms with E-state index in [4.69, 9.17) is 11.1 Å². The molecule has 5 N–H and O–H groups in total. The first-order chi connectivity index (χ1) is 13.5. The van der Waals surface area contributed by atoms with Crippen LogP contribution in [0.4, 0.5) is 0 Å². The Morgan fingerprint density at radius 2 is 2.00 bits per heavy atom. The van der Waals surface area contributed by atoms with E-state index in [0.717, 1.165) is 44.1 Å². The number of nitrogens with two attached hydrogens (primary N) is 1. The third kappa shape index (κ3) is 4.67. The van der Waals surface area contributed by atoms with Crippen LogP contribution in [0.2, 0.25) is 0 Å². The van der Waals surface area contributed by atoms with Crippen LogP contribution < -0.4 is 11.1 Å². The van der Waals surface area contributed by atoms with Gasteiger partial charge in [-0.25, -0.2) is 0 Å². The molecule has 8 nitrogen and oxygen atoms in total. The van der Waals surface area contributed by atoms with Gasteiger partial charge in [0, 0.05) is 19.3 Å². The summed E-state index contributed by atoms with van der Waals surface area (Å²) in [4.78, 5) is 31.1. The summed E-state index contributed by atoms with van der Waals surface area (Å²) in [6.07, 6.45) is 6.95. The van der Waals surface area contributed by atoms with Crippen molar-refractivity contribution in [2.75, 3.05) is 6.54 Å². The molecule has 8 heteroatoms. The normalized spacial score (nSPS) is 21.3. The molecule has 0 aromatic carbocycles. The number of rotatable bonds is 6. The number of nitrogens with one attached hydrogen (secondary N) is 2. The van der Waals surface area contributed by atoms with Crippen LogP contribution in [-0.4, -0.2) is 51.3 Å². The standard InChI is InChI=1S/C20H29N5O3/c21-18(22)15-9-8-13(11-23-15)12-24-19(27)16-7-4-10-25(16)20(28)17(26)14-5-2-1-3-6-14/h8-9,11,14,16-17,26H,1-7,10,12H2,(H3,21,22)(H,24,27)/t16-,17?/m1/s1. The minimum Gasteiger partial charge on any atom is -0.383 e. The predicted molar refractivity (Wildman–Crippen MR) is 104 cm³/mol. The molecular weight excluding hydrogens is 358 g/mol. The van der Waals surface area contributed by atoms with E-state index < -0.39 is 12.1 Å². The highest BCUT2D eigenvalue weighted by Crippen LogP contribution is 2.29. The highest BCUT2D eigenvalue weighted by atomic mass is 16.3. The second kappa shape index (κ2) is 9.14. The van der Waals surface area contributed by atoms with Gasteiger partial charge in [0.15, 0.2) is 0 Å². The van der Waals surface area contributed by atoms with E-state index >= 15 is 0 Å². The molecule has 2 heterocycles. The lowest BCUT2D eigenvalue weighted by Gasteiger charge is -2.31. The lowest BCUT2D eigenvalue weighted by Crippen LogP contribution is -2.50. The molecule has 0 radical (unpaired) electrons. The van der Waals surface area contributed by atoms with Crippen LogP contribution in [0.15, 0.2) is 18.3 Å². The highest BCUT2D eigenvalue weighted by molar-refractivity contribution is 5.93. The number of amides is 2. The summed E-state index contributed by atoms with van der Waals surface area (Å²) in [7, 11) is 0. The molecule has 1 unspecified atom stereocenters. The third-order valence-electron chi connectivity index (χ3n) is 5.76. The van der Waals surface area contributed by atoms with E-state index in [2.05, 4.69) is 10.3 Å². The largest absolute Gasteiger partial charge is 0.383 e. The Labute approximate surface area is 165 Å². The zero-order valence-corrected chi connectivity index (χ0v) is 16.1. The maximum Gasteiger partial charge on any atom is 0.252 e. The molecule has 3 rings (SSSR count). The van der Waals surface area contributed by atoms with Gasteiger partial charge in [-0.15, -0.1) is 0 Å². The first kappa shape index (κ1) is 20.3. The van der Waals surface area contributed by atoms with E-state index in [1.54, 1.807) is 23.2 Å². The number of amidine groups is 1. The number of aromatic nitrogens is 1. The number of aliphatic hydroxyl groups is 1. The Balaban J connectivity index is 1.56. The molecule has 0 spiro atoms. The topological polar surface area (TPSA) is 132 Å². The van der Waals surface area contributed by atoms with Gasteiger partial charge < -0.3 is 21.1 Å². The fourth-order valence-corrected chi connectivity index (χ4v) is 4.12. The van der Waals surface area contributed by atoms with E-state index in [1.165, 1.54) is 0 Å². The van der Waals surface area contributed by atoms with Crippen LogP contribution in [0.5, 0.6) is 0 Å². The van der Waals surface area contributed by atoms with Gasteiger partial charge in [-0.05, 0) is 43.2 Å². The van der Waals surface area contributed by atoms with E-state index in [0.29, 0.717) is 18.7 Å². The third-order valence-corrected chi connectivity index (χ3v) is 5.76. The fourth-order valence-electron chi connectivity index (χ4n) is 4.12. The molecule has 2 atom stereocenters. The summed E-state index contributed by atoms with van der Waals surface area (Å²) in [6.45, 7) is 0.795. The lowest BCUT2D eigenvalue weighted by atomic mass is 9.84. The van der Waals surface area contributed by atoms with E-state index in [-0.39, 0.29) is 30.1 Å². The van der Waals surface area contributed by atoms with E-state index in [1.807, 2.05) is 0 Å². The molecule has 152 valence electrons. The van der Waals surface area contributed by atoms with Crippen molar-refractivity contribution in [2.45, 2.75) is 63.6 Å². The van der Waals surface area contributed by atoms with Gasteiger partial charge in [0.2, 0.25) is 5.91 Å². The van der Waals surface area contributed by atoms with Gasteiger partial charge in [-0.2, -0.15) is 0 Å². The zero-order chi connectivity index (χ0) is 20.1. The average Bonchev–Trinajstić information content (AvgIpc) is 3.22. The van der Waals surface area contributed by atoms with Gasteiger partial charge in [0.25, 0.3) is 5.91 Å². The molecule has 1 aromatic heterocycles. The smallest absolute Gasteiger partial charge is 0.252 e. The molecule has 1 saturated carbocycles. The SMILES string of the molecule is N=C(N)c1ccc(CNC(=O)[C@H]2CCCN2C(=O)C(O)C2CCCCC2)cn1. The summed E-state index contributed by atoms with van der Waals surface area (Å²) in [6, 6.07) is 2.86. The Kier molecular flexibility index (Phi) is 6.61.